The van der Waals surface area contributed by atoms with Gasteiger partial charge in [-0.25, -0.2) is 9.79 Å². The fourth-order valence-corrected chi connectivity index (χ4v) is 5.06. The molecule has 0 bridgehead atoms. The second kappa shape index (κ2) is 8.54. The van der Waals surface area contributed by atoms with E-state index in [0.29, 0.717) is 27.7 Å². The average molecular weight is 442 g/mol. The smallest absolute Gasteiger partial charge is 0.338 e. The first kappa shape index (κ1) is 21.1. The molecule has 0 N–H and O–H groups in total. The van der Waals surface area contributed by atoms with Gasteiger partial charge < -0.3 is 14.5 Å². The molecule has 1 saturated heterocycles. The Morgan fingerprint density at radius 3 is 2.74 bits per heavy atom. The first-order valence-corrected chi connectivity index (χ1v) is 10.8. The molecule has 1 atom stereocenters. The molecule has 9 nitrogen and oxygen atoms in total. The number of esters is 1. The number of hydrogen-bond donors (Lipinski definition) is 0. The van der Waals surface area contributed by atoms with Crippen molar-refractivity contribution in [1.82, 2.24) is 9.80 Å². The summed E-state index contributed by atoms with van der Waals surface area (Å²) in [6.07, 6.45) is 2.17. The Kier molecular flexibility index (Phi) is 5.81. The van der Waals surface area contributed by atoms with E-state index in [1.54, 1.807) is 19.1 Å². The van der Waals surface area contributed by atoms with Gasteiger partial charge in [-0.2, -0.15) is 0 Å². The van der Waals surface area contributed by atoms with E-state index < -0.39 is 16.9 Å². The maximum absolute atomic E-state index is 12.8. The van der Waals surface area contributed by atoms with Crippen molar-refractivity contribution in [2.45, 2.75) is 32.2 Å². The number of hydrogen-bond acceptors (Lipinski definition) is 8. The molecule has 4 rings (SSSR count). The average Bonchev–Trinajstić information content (AvgIpc) is 3.43. The van der Waals surface area contributed by atoms with E-state index in [-0.39, 0.29) is 18.0 Å². The van der Waals surface area contributed by atoms with Crippen LogP contribution in [0, 0.1) is 10.1 Å². The van der Waals surface area contributed by atoms with E-state index in [9.17, 15) is 19.7 Å². The van der Waals surface area contributed by atoms with Gasteiger partial charge >= 0.3 is 5.97 Å². The van der Waals surface area contributed by atoms with Crippen LogP contribution in [0.25, 0.3) is 0 Å². The molecule has 1 amide bonds. The minimum Gasteiger partial charge on any atom is -0.466 e. The molecule has 3 aliphatic heterocycles. The quantitative estimate of drug-likeness (QED) is 0.391. The summed E-state index contributed by atoms with van der Waals surface area (Å²) in [6.45, 7) is 3.22. The van der Waals surface area contributed by atoms with E-state index >= 15 is 0 Å². The summed E-state index contributed by atoms with van der Waals surface area (Å²) in [6, 6.07) is 5.51. The molecule has 1 aromatic carbocycles. The minimum absolute atomic E-state index is 0.0225. The van der Waals surface area contributed by atoms with Crippen molar-refractivity contribution in [2.24, 2.45) is 4.99 Å². The zero-order valence-electron chi connectivity index (χ0n) is 17.2. The maximum Gasteiger partial charge on any atom is 0.338 e. The number of non-ortho nitro benzene ring substituents is 1. The van der Waals surface area contributed by atoms with Crippen molar-refractivity contribution in [2.75, 3.05) is 20.2 Å². The number of amides is 1. The molecule has 1 fully saturated rings. The molecule has 0 spiro atoms. The van der Waals surface area contributed by atoms with E-state index in [1.165, 1.54) is 31.0 Å². The third-order valence-electron chi connectivity index (χ3n) is 5.59. The fourth-order valence-electron chi connectivity index (χ4n) is 4.10. The molecule has 162 valence electrons. The highest BCUT2D eigenvalue weighted by Crippen LogP contribution is 2.45. The van der Waals surface area contributed by atoms with Gasteiger partial charge in [-0.1, -0.05) is 23.9 Å². The van der Waals surface area contributed by atoms with Gasteiger partial charge in [0, 0.05) is 30.9 Å². The second-order valence-corrected chi connectivity index (χ2v) is 8.34. The van der Waals surface area contributed by atoms with Crippen LogP contribution in [0.2, 0.25) is 0 Å². The second-order valence-electron chi connectivity index (χ2n) is 7.50. The van der Waals surface area contributed by atoms with Gasteiger partial charge in [0.15, 0.2) is 5.17 Å². The number of nitro benzene ring substituents is 1. The van der Waals surface area contributed by atoms with Crippen LogP contribution < -0.4 is 0 Å². The van der Waals surface area contributed by atoms with Gasteiger partial charge in [-0.05, 0) is 30.7 Å². The number of fused-ring (bicyclic) bond motifs is 1. The van der Waals surface area contributed by atoms with Gasteiger partial charge in [0.05, 0.1) is 35.8 Å². The van der Waals surface area contributed by atoms with Crippen LogP contribution in [-0.4, -0.2) is 52.0 Å². The summed E-state index contributed by atoms with van der Waals surface area (Å²) in [7, 11) is 1.29. The number of ether oxygens (including phenoxy) is 1. The summed E-state index contributed by atoms with van der Waals surface area (Å²) in [5, 5.41) is 13.9. The number of carbonyl (C=O) groups excluding carboxylic acids is 2. The number of allylic oxidation sites excluding steroid dienone is 1. The van der Waals surface area contributed by atoms with Crippen molar-refractivity contribution in [3.8, 4) is 0 Å². The maximum atomic E-state index is 12.8. The van der Waals surface area contributed by atoms with E-state index in [2.05, 4.69) is 4.99 Å². The molecule has 3 aliphatic rings. The Morgan fingerprint density at radius 1 is 1.32 bits per heavy atom. The summed E-state index contributed by atoms with van der Waals surface area (Å²) >= 11 is 1.38. The molecule has 0 aliphatic carbocycles. The third-order valence-corrected chi connectivity index (χ3v) is 6.48. The van der Waals surface area contributed by atoms with Crippen molar-refractivity contribution in [3.05, 3.63) is 62.3 Å². The number of amidine groups is 1. The van der Waals surface area contributed by atoms with E-state index in [0.717, 1.165) is 25.9 Å². The number of benzene rings is 1. The van der Waals surface area contributed by atoms with Gasteiger partial charge in [0.2, 0.25) is 5.91 Å². The molecule has 10 heteroatoms. The number of rotatable bonds is 5. The zero-order valence-corrected chi connectivity index (χ0v) is 18.1. The predicted octanol–water partition coefficient (Wildman–Crippen LogP) is 3.36. The topological polar surface area (TPSA) is 105 Å². The summed E-state index contributed by atoms with van der Waals surface area (Å²) in [5.41, 5.74) is 1.99. The van der Waals surface area contributed by atoms with Gasteiger partial charge in [0.1, 0.15) is 0 Å². The lowest BCUT2D eigenvalue weighted by Crippen LogP contribution is -2.38. The monoisotopic (exact) mass is 442 g/mol. The largest absolute Gasteiger partial charge is 0.466 e. The lowest BCUT2D eigenvalue weighted by Gasteiger charge is -2.36. The van der Waals surface area contributed by atoms with Crippen LogP contribution in [0.4, 0.5) is 5.69 Å². The highest BCUT2D eigenvalue weighted by Gasteiger charge is 2.41. The molecule has 0 aromatic heterocycles. The van der Waals surface area contributed by atoms with Crippen LogP contribution in [0.15, 0.2) is 51.6 Å². The first-order chi connectivity index (χ1) is 14.9. The fraction of sp³-hybridized carbons (Fsp3) is 0.381. The zero-order chi connectivity index (χ0) is 22.1. The van der Waals surface area contributed by atoms with Crippen LogP contribution >= 0.6 is 11.8 Å². The van der Waals surface area contributed by atoms with Crippen LogP contribution in [0.5, 0.6) is 0 Å². The Hall–Kier alpha value is -3.14. The standard InChI is InChI=1S/C21H22N4O5S/c1-13-18(20(27)30-2)19(14-6-5-7-15(10-14)25(28)29)24-16(12-31-21(24)22-13)11-17(26)23-8-3-4-9-23/h5-7,10,12,19H,3-4,8-9,11H2,1-2H3. The minimum atomic E-state index is -0.674. The van der Waals surface area contributed by atoms with Crippen molar-refractivity contribution >= 4 is 34.5 Å². The summed E-state index contributed by atoms with van der Waals surface area (Å²) in [5.74, 6) is -0.534. The molecular weight excluding hydrogens is 420 g/mol. The molecule has 0 saturated carbocycles. The Morgan fingerprint density at radius 2 is 2.06 bits per heavy atom. The normalized spacial score (nSPS) is 20.4. The number of methoxy groups -OCH3 is 1. The number of nitrogens with zero attached hydrogens (tertiary/aromatic N) is 4. The van der Waals surface area contributed by atoms with Crippen LogP contribution in [0.1, 0.15) is 37.8 Å². The molecular formula is C21H22N4O5S. The number of thioether (sulfide) groups is 1. The third kappa shape index (κ3) is 3.95. The molecule has 1 unspecified atom stereocenters. The Labute approximate surface area is 183 Å². The highest BCUT2D eigenvalue weighted by molar-refractivity contribution is 8.16. The van der Waals surface area contributed by atoms with E-state index in [1.807, 2.05) is 15.2 Å². The number of likely N-dealkylation sites (tertiary alicyclic amines) is 1. The van der Waals surface area contributed by atoms with Crippen molar-refractivity contribution < 1.29 is 19.2 Å². The first-order valence-electron chi connectivity index (χ1n) is 9.95. The molecule has 31 heavy (non-hydrogen) atoms. The van der Waals surface area contributed by atoms with E-state index in [4.69, 9.17) is 4.74 Å². The lowest BCUT2D eigenvalue weighted by molar-refractivity contribution is -0.384. The lowest BCUT2D eigenvalue weighted by atomic mass is 9.93. The summed E-state index contributed by atoms with van der Waals surface area (Å²) in [4.78, 5) is 44.6. The SMILES string of the molecule is COC(=O)C1=C(C)N=C2SC=C(CC(=O)N3CCCC3)N2C1c1cccc([N+](=O)[O-])c1. The molecule has 1 aromatic rings. The summed E-state index contributed by atoms with van der Waals surface area (Å²) < 4.78 is 5.01. The Bertz CT molecular complexity index is 1040. The Balaban J connectivity index is 1.75. The number of nitro groups is 1. The van der Waals surface area contributed by atoms with Gasteiger partial charge in [0.25, 0.3) is 5.69 Å². The van der Waals surface area contributed by atoms with Gasteiger partial charge in [-0.15, -0.1) is 0 Å². The van der Waals surface area contributed by atoms with Crippen LogP contribution in [0.3, 0.4) is 0 Å². The van der Waals surface area contributed by atoms with Crippen molar-refractivity contribution in [3.63, 3.8) is 0 Å². The predicted molar refractivity (Wildman–Crippen MR) is 116 cm³/mol. The van der Waals surface area contributed by atoms with Crippen LogP contribution in [-0.2, 0) is 14.3 Å². The number of carbonyl (C=O) groups is 2. The molecule has 0 radical (unpaired) electrons. The molecule has 3 heterocycles. The van der Waals surface area contributed by atoms with Crippen molar-refractivity contribution in [1.29, 1.82) is 0 Å². The number of aliphatic imine (C=N–C) groups is 1. The van der Waals surface area contributed by atoms with Gasteiger partial charge in [-0.3, -0.25) is 14.9 Å². The highest BCUT2D eigenvalue weighted by atomic mass is 32.2.